The molecule has 1 amide bonds. The van der Waals surface area contributed by atoms with Crippen LogP contribution in [0.2, 0.25) is 0 Å². The molecule has 2 N–H and O–H groups in total. The van der Waals surface area contributed by atoms with E-state index in [0.29, 0.717) is 6.54 Å². The highest BCUT2D eigenvalue weighted by atomic mass is 16.5. The maximum atomic E-state index is 11.5. The van der Waals surface area contributed by atoms with Gasteiger partial charge in [-0.2, -0.15) is 5.10 Å². The lowest BCUT2D eigenvalue weighted by Crippen LogP contribution is -2.33. The number of carbonyl (C=O) groups excluding carboxylic acids is 1. The van der Waals surface area contributed by atoms with Crippen LogP contribution < -0.4 is 5.32 Å². The molecular formula is C20H24N4O3. The number of aliphatic hydroxyl groups excluding tert-OH is 1. The van der Waals surface area contributed by atoms with Crippen LogP contribution in [-0.4, -0.2) is 52.6 Å². The van der Waals surface area contributed by atoms with Gasteiger partial charge >= 0.3 is 0 Å². The van der Waals surface area contributed by atoms with Crippen LogP contribution in [0.5, 0.6) is 0 Å². The predicted octanol–water partition coefficient (Wildman–Crippen LogP) is 0.505. The van der Waals surface area contributed by atoms with Crippen LogP contribution >= 0.6 is 0 Å². The van der Waals surface area contributed by atoms with E-state index in [9.17, 15) is 4.79 Å². The van der Waals surface area contributed by atoms with Gasteiger partial charge in [-0.1, -0.05) is 24.0 Å². The van der Waals surface area contributed by atoms with Crippen LogP contribution in [0.15, 0.2) is 30.3 Å². The SMILES string of the molecule is COCC(=O)NCc1cc2n(n1)CCN(Cc1ccc(C#CCO)cc1)C2. The van der Waals surface area contributed by atoms with Gasteiger partial charge in [0.1, 0.15) is 13.2 Å². The Bertz CT molecular complexity index is 833. The van der Waals surface area contributed by atoms with Crippen LogP contribution in [-0.2, 0) is 35.7 Å². The normalized spacial score (nSPS) is 13.6. The quantitative estimate of drug-likeness (QED) is 0.726. The van der Waals surface area contributed by atoms with Crippen molar-refractivity contribution in [2.24, 2.45) is 0 Å². The Balaban J connectivity index is 1.55. The highest BCUT2D eigenvalue weighted by Gasteiger charge is 2.18. The lowest BCUT2D eigenvalue weighted by molar-refractivity contribution is -0.124. The van der Waals surface area contributed by atoms with Gasteiger partial charge in [-0.05, 0) is 23.8 Å². The Labute approximate surface area is 158 Å². The van der Waals surface area contributed by atoms with E-state index in [0.717, 1.165) is 43.1 Å². The van der Waals surface area contributed by atoms with Crippen molar-refractivity contribution in [2.75, 3.05) is 26.9 Å². The van der Waals surface area contributed by atoms with E-state index in [1.807, 2.05) is 22.9 Å². The molecule has 1 aromatic heterocycles. The lowest BCUT2D eigenvalue weighted by Gasteiger charge is -2.27. The highest BCUT2D eigenvalue weighted by molar-refractivity contribution is 5.77. The van der Waals surface area contributed by atoms with Gasteiger partial charge in [-0.3, -0.25) is 14.4 Å². The molecular weight excluding hydrogens is 344 g/mol. The number of nitrogens with zero attached hydrogens (tertiary/aromatic N) is 3. The molecule has 142 valence electrons. The summed E-state index contributed by atoms with van der Waals surface area (Å²) >= 11 is 0. The number of carbonyl (C=O) groups is 1. The predicted molar refractivity (Wildman–Crippen MR) is 100 cm³/mol. The number of hydrogen-bond acceptors (Lipinski definition) is 5. The standard InChI is InChI=1S/C20H24N4O3/c1-27-15-20(26)21-12-18-11-19-14-23(8-9-24(19)22-18)13-17-6-4-16(5-7-17)3-2-10-25/h4-7,11,25H,8-10,12-15H2,1H3,(H,21,26). The number of aliphatic hydroxyl groups is 1. The molecule has 7 heteroatoms. The molecule has 0 unspecified atom stereocenters. The van der Waals surface area contributed by atoms with Gasteiger partial charge in [0.05, 0.1) is 24.5 Å². The van der Waals surface area contributed by atoms with Crippen LogP contribution in [0.1, 0.15) is 22.5 Å². The number of aromatic nitrogens is 2. The third-order valence-electron chi connectivity index (χ3n) is 4.34. The average molecular weight is 368 g/mol. The van der Waals surface area contributed by atoms with Crippen molar-refractivity contribution in [1.82, 2.24) is 20.0 Å². The first-order valence-corrected chi connectivity index (χ1v) is 8.90. The van der Waals surface area contributed by atoms with E-state index >= 15 is 0 Å². The Morgan fingerprint density at radius 2 is 2.15 bits per heavy atom. The summed E-state index contributed by atoms with van der Waals surface area (Å²) in [7, 11) is 1.50. The second-order valence-corrected chi connectivity index (χ2v) is 6.43. The summed E-state index contributed by atoms with van der Waals surface area (Å²) in [6.45, 7) is 3.80. The van der Waals surface area contributed by atoms with E-state index in [2.05, 4.69) is 39.3 Å². The summed E-state index contributed by atoms with van der Waals surface area (Å²) in [6, 6.07) is 10.2. The number of hydrogen-bond donors (Lipinski definition) is 2. The van der Waals surface area contributed by atoms with Crippen molar-refractivity contribution < 1.29 is 14.6 Å². The number of benzene rings is 1. The summed E-state index contributed by atoms with van der Waals surface area (Å²) in [5, 5.41) is 16.1. The number of amides is 1. The maximum Gasteiger partial charge on any atom is 0.246 e. The first kappa shape index (κ1) is 19.1. The molecule has 27 heavy (non-hydrogen) atoms. The Hall–Kier alpha value is -2.66. The Morgan fingerprint density at radius 1 is 1.33 bits per heavy atom. The monoisotopic (exact) mass is 368 g/mol. The van der Waals surface area contributed by atoms with Gasteiger partial charge in [-0.15, -0.1) is 0 Å². The van der Waals surface area contributed by atoms with Gasteiger partial charge in [0.15, 0.2) is 0 Å². The van der Waals surface area contributed by atoms with Crippen molar-refractivity contribution in [1.29, 1.82) is 0 Å². The molecule has 3 rings (SSSR count). The molecule has 0 saturated heterocycles. The molecule has 0 atom stereocenters. The minimum atomic E-state index is -0.141. The third kappa shape index (κ3) is 5.41. The van der Waals surface area contributed by atoms with Crippen LogP contribution in [0.25, 0.3) is 0 Å². The fourth-order valence-electron chi connectivity index (χ4n) is 3.07. The third-order valence-corrected chi connectivity index (χ3v) is 4.34. The molecule has 0 fully saturated rings. The van der Waals surface area contributed by atoms with Crippen molar-refractivity contribution in [3.8, 4) is 11.8 Å². The van der Waals surface area contributed by atoms with Gasteiger partial charge in [0.25, 0.3) is 0 Å². The highest BCUT2D eigenvalue weighted by Crippen LogP contribution is 2.16. The summed E-state index contributed by atoms with van der Waals surface area (Å²) in [5.74, 6) is 5.42. The van der Waals surface area contributed by atoms with Crippen LogP contribution in [0.3, 0.4) is 0 Å². The Kier molecular flexibility index (Phi) is 6.60. The molecule has 0 spiro atoms. The van der Waals surface area contributed by atoms with Crippen molar-refractivity contribution in [3.63, 3.8) is 0 Å². The van der Waals surface area contributed by atoms with E-state index in [4.69, 9.17) is 9.84 Å². The average Bonchev–Trinajstić information content (AvgIpc) is 3.08. The van der Waals surface area contributed by atoms with E-state index in [-0.39, 0.29) is 19.1 Å². The number of rotatable bonds is 6. The van der Waals surface area contributed by atoms with Crippen LogP contribution in [0.4, 0.5) is 0 Å². The second kappa shape index (κ2) is 9.33. The smallest absolute Gasteiger partial charge is 0.246 e. The largest absolute Gasteiger partial charge is 0.384 e. The summed E-state index contributed by atoms with van der Waals surface area (Å²) in [6.07, 6.45) is 0. The molecule has 0 saturated carbocycles. The zero-order valence-electron chi connectivity index (χ0n) is 15.4. The first-order chi connectivity index (χ1) is 13.2. The fraction of sp³-hybridized carbons (Fsp3) is 0.400. The minimum Gasteiger partial charge on any atom is -0.384 e. The molecule has 7 nitrogen and oxygen atoms in total. The molecule has 2 heterocycles. The molecule has 0 radical (unpaired) electrons. The first-order valence-electron chi connectivity index (χ1n) is 8.90. The fourth-order valence-corrected chi connectivity index (χ4v) is 3.07. The molecule has 1 aromatic carbocycles. The zero-order valence-corrected chi connectivity index (χ0v) is 15.4. The maximum absolute atomic E-state index is 11.5. The van der Waals surface area contributed by atoms with Crippen molar-refractivity contribution in [2.45, 2.75) is 26.2 Å². The van der Waals surface area contributed by atoms with Gasteiger partial charge in [0, 0.05) is 32.3 Å². The molecule has 2 aromatic rings. The molecule has 1 aliphatic rings. The van der Waals surface area contributed by atoms with Crippen molar-refractivity contribution in [3.05, 3.63) is 52.8 Å². The second-order valence-electron chi connectivity index (χ2n) is 6.43. The van der Waals surface area contributed by atoms with Crippen LogP contribution in [0, 0.1) is 11.8 Å². The topological polar surface area (TPSA) is 79.6 Å². The summed E-state index contributed by atoms with van der Waals surface area (Å²) < 4.78 is 6.82. The number of fused-ring (bicyclic) bond motifs is 1. The number of ether oxygens (including phenoxy) is 1. The molecule has 0 bridgehead atoms. The van der Waals surface area contributed by atoms with Gasteiger partial charge in [-0.25, -0.2) is 0 Å². The van der Waals surface area contributed by atoms with Gasteiger partial charge < -0.3 is 15.2 Å². The van der Waals surface area contributed by atoms with Crippen molar-refractivity contribution >= 4 is 5.91 Å². The number of methoxy groups -OCH3 is 1. The van der Waals surface area contributed by atoms with Gasteiger partial charge in [0.2, 0.25) is 5.91 Å². The summed E-state index contributed by atoms with van der Waals surface area (Å²) in [5.41, 5.74) is 4.15. The number of nitrogens with one attached hydrogen (secondary N) is 1. The van der Waals surface area contributed by atoms with E-state index < -0.39 is 0 Å². The zero-order chi connectivity index (χ0) is 19.1. The van der Waals surface area contributed by atoms with E-state index in [1.165, 1.54) is 12.7 Å². The molecule has 1 aliphatic heterocycles. The Morgan fingerprint density at radius 3 is 2.89 bits per heavy atom. The van der Waals surface area contributed by atoms with E-state index in [1.54, 1.807) is 0 Å². The lowest BCUT2D eigenvalue weighted by atomic mass is 10.1. The minimum absolute atomic E-state index is 0.0612. The molecule has 0 aliphatic carbocycles. The summed E-state index contributed by atoms with van der Waals surface area (Å²) in [4.78, 5) is 13.9.